The van der Waals surface area contributed by atoms with Gasteiger partial charge in [0.2, 0.25) is 5.91 Å². The van der Waals surface area contributed by atoms with Gasteiger partial charge in [0.05, 0.1) is 17.1 Å². The molecule has 37 heavy (non-hydrogen) atoms. The van der Waals surface area contributed by atoms with Crippen molar-refractivity contribution in [2.24, 2.45) is 7.05 Å². The van der Waals surface area contributed by atoms with Gasteiger partial charge in [0.1, 0.15) is 11.1 Å². The lowest BCUT2D eigenvalue weighted by atomic mass is 10.1. The first-order chi connectivity index (χ1) is 17.9. The van der Waals surface area contributed by atoms with Gasteiger partial charge in [-0.25, -0.2) is 4.68 Å². The summed E-state index contributed by atoms with van der Waals surface area (Å²) in [5.74, 6) is 0.221. The van der Waals surface area contributed by atoms with Crippen LogP contribution in [0.25, 0.3) is 5.69 Å². The summed E-state index contributed by atoms with van der Waals surface area (Å²) in [6, 6.07) is 26.7. The highest BCUT2D eigenvalue weighted by Crippen LogP contribution is 2.38. The SMILES string of the molecule is Cc1c(NC(=O)c2ccc([C@@H]3SCC(=O)N3CCc3ccccc3)cc2)c(=O)n(-c2ccccc2)n1C. The fraction of sp³-hybridized carbons (Fsp3) is 0.207. The first-order valence-electron chi connectivity index (χ1n) is 12.1. The summed E-state index contributed by atoms with van der Waals surface area (Å²) in [7, 11) is 1.79. The number of aromatic nitrogens is 2. The summed E-state index contributed by atoms with van der Waals surface area (Å²) in [6.07, 6.45) is 0.793. The quantitative estimate of drug-likeness (QED) is 0.394. The molecule has 1 atom stereocenters. The normalized spacial score (nSPS) is 15.2. The number of thioether (sulfide) groups is 1. The molecule has 1 N–H and O–H groups in total. The van der Waals surface area contributed by atoms with Crippen LogP contribution in [-0.4, -0.2) is 38.4 Å². The maximum atomic E-state index is 13.1. The number of nitrogens with one attached hydrogen (secondary N) is 1. The summed E-state index contributed by atoms with van der Waals surface area (Å²) in [5.41, 5.74) is 3.97. The largest absolute Gasteiger partial charge is 0.326 e. The predicted molar refractivity (Wildman–Crippen MR) is 147 cm³/mol. The lowest BCUT2D eigenvalue weighted by Crippen LogP contribution is -2.30. The van der Waals surface area contributed by atoms with Crippen molar-refractivity contribution < 1.29 is 9.59 Å². The standard InChI is InChI=1S/C29H28N4O3S/c1-20-26(28(36)33(31(20)2)24-11-7-4-8-12-24)30-27(35)22-13-15-23(16-14-22)29-32(25(34)19-37-29)18-17-21-9-5-3-6-10-21/h3-16,29H,17-19H2,1-2H3,(H,30,35)/t29-/m0/s1. The Kier molecular flexibility index (Phi) is 7.01. The summed E-state index contributed by atoms with van der Waals surface area (Å²) in [6.45, 7) is 2.45. The van der Waals surface area contributed by atoms with E-state index in [1.165, 1.54) is 10.2 Å². The molecule has 5 rings (SSSR count). The average molecular weight is 513 g/mol. The molecular weight excluding hydrogens is 484 g/mol. The molecule has 0 saturated carbocycles. The van der Waals surface area contributed by atoms with Gasteiger partial charge in [-0.05, 0) is 48.7 Å². The van der Waals surface area contributed by atoms with Crippen molar-refractivity contribution in [1.29, 1.82) is 0 Å². The minimum Gasteiger partial charge on any atom is -0.326 e. The molecule has 1 saturated heterocycles. The van der Waals surface area contributed by atoms with Crippen molar-refractivity contribution in [2.45, 2.75) is 18.7 Å². The minimum absolute atomic E-state index is 0.0808. The van der Waals surface area contributed by atoms with Gasteiger partial charge in [0, 0.05) is 19.2 Å². The highest BCUT2D eigenvalue weighted by atomic mass is 32.2. The van der Waals surface area contributed by atoms with E-state index in [0.29, 0.717) is 23.6 Å². The first kappa shape index (κ1) is 24.6. The number of anilines is 1. The van der Waals surface area contributed by atoms with Crippen LogP contribution in [0.3, 0.4) is 0 Å². The summed E-state index contributed by atoms with van der Waals surface area (Å²) in [5, 5.41) is 2.73. The van der Waals surface area contributed by atoms with Gasteiger partial charge in [-0.3, -0.25) is 19.1 Å². The van der Waals surface area contributed by atoms with E-state index in [-0.39, 0.29) is 28.4 Å². The van der Waals surface area contributed by atoms with E-state index < -0.39 is 0 Å². The highest BCUT2D eigenvalue weighted by molar-refractivity contribution is 8.00. The van der Waals surface area contributed by atoms with Gasteiger partial charge in [-0.15, -0.1) is 11.8 Å². The Morgan fingerprint density at radius 1 is 0.946 bits per heavy atom. The molecule has 0 aliphatic carbocycles. The third-order valence-electron chi connectivity index (χ3n) is 6.70. The fourth-order valence-electron chi connectivity index (χ4n) is 4.56. The number of nitrogens with zero attached hydrogens (tertiary/aromatic N) is 3. The van der Waals surface area contributed by atoms with Crippen molar-refractivity contribution in [2.75, 3.05) is 17.6 Å². The predicted octanol–water partition coefficient (Wildman–Crippen LogP) is 4.55. The van der Waals surface area contributed by atoms with Gasteiger partial charge in [-0.2, -0.15) is 0 Å². The fourth-order valence-corrected chi connectivity index (χ4v) is 5.78. The van der Waals surface area contributed by atoms with E-state index in [4.69, 9.17) is 0 Å². The van der Waals surface area contributed by atoms with Crippen LogP contribution in [0.2, 0.25) is 0 Å². The number of carbonyl (C=O) groups excluding carboxylic acids is 2. The van der Waals surface area contributed by atoms with Crippen LogP contribution in [0.15, 0.2) is 89.7 Å². The van der Waals surface area contributed by atoms with Crippen LogP contribution in [0.4, 0.5) is 5.69 Å². The third-order valence-corrected chi connectivity index (χ3v) is 7.96. The lowest BCUT2D eigenvalue weighted by molar-refractivity contribution is -0.128. The second-order valence-corrected chi connectivity index (χ2v) is 10.1. The first-order valence-corrected chi connectivity index (χ1v) is 13.2. The molecule has 0 bridgehead atoms. The monoisotopic (exact) mass is 512 g/mol. The number of rotatable bonds is 7. The Bertz CT molecular complexity index is 1480. The molecule has 8 heteroatoms. The summed E-state index contributed by atoms with van der Waals surface area (Å²) < 4.78 is 3.27. The third kappa shape index (κ3) is 4.97. The number of hydrogen-bond donors (Lipinski definition) is 1. The van der Waals surface area contributed by atoms with E-state index in [1.54, 1.807) is 42.5 Å². The molecule has 7 nitrogen and oxygen atoms in total. The molecule has 0 spiro atoms. The minimum atomic E-state index is -0.353. The lowest BCUT2D eigenvalue weighted by Gasteiger charge is -2.24. The van der Waals surface area contributed by atoms with Gasteiger partial charge >= 0.3 is 0 Å². The number of para-hydroxylation sites is 1. The topological polar surface area (TPSA) is 76.3 Å². The number of hydrogen-bond acceptors (Lipinski definition) is 4. The zero-order chi connectivity index (χ0) is 25.9. The second-order valence-electron chi connectivity index (χ2n) is 9.00. The van der Waals surface area contributed by atoms with Crippen molar-refractivity contribution in [3.05, 3.63) is 118 Å². The van der Waals surface area contributed by atoms with Gasteiger partial charge in [-0.1, -0.05) is 60.7 Å². The second kappa shape index (κ2) is 10.5. The Morgan fingerprint density at radius 3 is 2.27 bits per heavy atom. The van der Waals surface area contributed by atoms with Crippen LogP contribution < -0.4 is 10.9 Å². The Hall–Kier alpha value is -4.04. The molecule has 2 amide bonds. The zero-order valence-electron chi connectivity index (χ0n) is 20.8. The number of amides is 2. The molecule has 1 fully saturated rings. The molecule has 188 valence electrons. The Balaban J connectivity index is 1.31. The maximum Gasteiger partial charge on any atom is 0.295 e. The molecule has 0 unspecified atom stereocenters. The van der Waals surface area contributed by atoms with Crippen molar-refractivity contribution in [3.8, 4) is 5.69 Å². The van der Waals surface area contributed by atoms with Crippen molar-refractivity contribution in [1.82, 2.24) is 14.3 Å². The molecule has 0 radical (unpaired) electrons. The van der Waals surface area contributed by atoms with E-state index >= 15 is 0 Å². The molecule has 3 aromatic carbocycles. The molecule has 4 aromatic rings. The van der Waals surface area contributed by atoms with Gasteiger partial charge in [0.25, 0.3) is 11.5 Å². The molecule has 2 heterocycles. The number of carbonyl (C=O) groups is 2. The van der Waals surface area contributed by atoms with E-state index in [9.17, 15) is 14.4 Å². The molecule has 1 aromatic heterocycles. The van der Waals surface area contributed by atoms with Crippen LogP contribution in [0.1, 0.15) is 32.6 Å². The van der Waals surface area contributed by atoms with Crippen LogP contribution in [0, 0.1) is 6.92 Å². The summed E-state index contributed by atoms with van der Waals surface area (Å²) in [4.78, 5) is 40.6. The Morgan fingerprint density at radius 2 is 1.59 bits per heavy atom. The molecule has 1 aliphatic heterocycles. The smallest absolute Gasteiger partial charge is 0.295 e. The number of benzene rings is 3. The summed E-state index contributed by atoms with van der Waals surface area (Å²) >= 11 is 1.60. The zero-order valence-corrected chi connectivity index (χ0v) is 21.6. The van der Waals surface area contributed by atoms with Crippen LogP contribution in [0.5, 0.6) is 0 Å². The van der Waals surface area contributed by atoms with Gasteiger partial charge in [0.15, 0.2) is 0 Å². The van der Waals surface area contributed by atoms with E-state index in [2.05, 4.69) is 17.4 Å². The highest BCUT2D eigenvalue weighted by Gasteiger charge is 2.32. The van der Waals surface area contributed by atoms with E-state index in [0.717, 1.165) is 17.7 Å². The molecular formula is C29H28N4O3S. The van der Waals surface area contributed by atoms with Crippen LogP contribution in [-0.2, 0) is 18.3 Å². The maximum absolute atomic E-state index is 13.1. The average Bonchev–Trinajstić information content (AvgIpc) is 3.40. The van der Waals surface area contributed by atoms with Crippen molar-refractivity contribution in [3.63, 3.8) is 0 Å². The van der Waals surface area contributed by atoms with Gasteiger partial charge < -0.3 is 10.2 Å². The van der Waals surface area contributed by atoms with Crippen LogP contribution >= 0.6 is 11.8 Å². The van der Waals surface area contributed by atoms with E-state index in [1.807, 2.05) is 65.6 Å². The molecule has 1 aliphatic rings. The van der Waals surface area contributed by atoms with Crippen molar-refractivity contribution >= 4 is 29.3 Å². The Labute approximate surface area is 219 Å².